The van der Waals surface area contributed by atoms with Gasteiger partial charge in [-0.1, -0.05) is 41.4 Å². The second-order valence-electron chi connectivity index (χ2n) is 8.40. The number of fused-ring (bicyclic) bond motifs is 1. The van der Waals surface area contributed by atoms with Crippen LogP contribution < -0.4 is 19.1 Å². The van der Waals surface area contributed by atoms with Crippen molar-refractivity contribution < 1.29 is 22.7 Å². The molecule has 9 heteroatoms. The molecule has 0 saturated carbocycles. The lowest BCUT2D eigenvalue weighted by Gasteiger charge is -2.27. The van der Waals surface area contributed by atoms with Gasteiger partial charge in [-0.2, -0.15) is 0 Å². The molecule has 3 aromatic carbocycles. The van der Waals surface area contributed by atoms with Crippen molar-refractivity contribution in [2.24, 2.45) is 0 Å². The maximum atomic E-state index is 13.6. The maximum Gasteiger partial charge on any atom is 0.264 e. The van der Waals surface area contributed by atoms with Crippen LogP contribution in [-0.2, 0) is 14.8 Å². The first kappa shape index (κ1) is 24.9. The van der Waals surface area contributed by atoms with Gasteiger partial charge in [0, 0.05) is 5.02 Å². The van der Waals surface area contributed by atoms with Crippen LogP contribution in [0.4, 0.5) is 5.69 Å². The van der Waals surface area contributed by atoms with Crippen molar-refractivity contribution in [3.8, 4) is 11.5 Å². The fraction of sp³-hybridized carbons (Fsp3) is 0.269. The number of carbonyl (C=O) groups is 1. The predicted octanol–water partition coefficient (Wildman–Crippen LogP) is 4.80. The van der Waals surface area contributed by atoms with Crippen LogP contribution in [0.15, 0.2) is 65.6 Å². The van der Waals surface area contributed by atoms with Gasteiger partial charge in [-0.3, -0.25) is 9.10 Å². The zero-order valence-electron chi connectivity index (χ0n) is 19.7. The van der Waals surface area contributed by atoms with Gasteiger partial charge >= 0.3 is 0 Å². The van der Waals surface area contributed by atoms with E-state index in [9.17, 15) is 13.2 Å². The largest absolute Gasteiger partial charge is 0.486 e. The molecule has 7 nitrogen and oxygen atoms in total. The monoisotopic (exact) mass is 514 g/mol. The van der Waals surface area contributed by atoms with Crippen LogP contribution in [0.2, 0.25) is 5.02 Å². The predicted molar refractivity (Wildman–Crippen MR) is 136 cm³/mol. The molecule has 1 atom stereocenters. The van der Waals surface area contributed by atoms with Crippen LogP contribution in [0.25, 0.3) is 0 Å². The SMILES string of the molecule is Cc1ccc(S(=O)(=O)N(CC(=O)NC(C)c2ccc3c(c2)OCCO3)c2cccc(Cl)c2C)cc1. The Morgan fingerprint density at radius 1 is 1.03 bits per heavy atom. The quantitative estimate of drug-likeness (QED) is 0.489. The number of carbonyl (C=O) groups excluding carboxylic acids is 1. The normalized spacial score (nSPS) is 13.7. The van der Waals surface area contributed by atoms with E-state index in [1.54, 1.807) is 43.3 Å². The molecule has 1 aliphatic heterocycles. The van der Waals surface area contributed by atoms with Gasteiger partial charge in [0.1, 0.15) is 19.8 Å². The first-order valence-electron chi connectivity index (χ1n) is 11.2. The van der Waals surface area contributed by atoms with E-state index in [0.29, 0.717) is 41.0 Å². The zero-order valence-corrected chi connectivity index (χ0v) is 21.3. The van der Waals surface area contributed by atoms with E-state index in [2.05, 4.69) is 5.32 Å². The molecular formula is C26H27ClN2O5S. The highest BCUT2D eigenvalue weighted by atomic mass is 35.5. The van der Waals surface area contributed by atoms with E-state index in [0.717, 1.165) is 15.4 Å². The summed E-state index contributed by atoms with van der Waals surface area (Å²) in [4.78, 5) is 13.2. The molecule has 0 fully saturated rings. The van der Waals surface area contributed by atoms with Crippen LogP contribution in [0.3, 0.4) is 0 Å². The van der Waals surface area contributed by atoms with Crippen molar-refractivity contribution in [1.29, 1.82) is 0 Å². The number of halogens is 1. The molecular weight excluding hydrogens is 488 g/mol. The van der Waals surface area contributed by atoms with Crippen molar-refractivity contribution in [3.05, 3.63) is 82.4 Å². The number of amides is 1. The topological polar surface area (TPSA) is 84.9 Å². The first-order valence-corrected chi connectivity index (χ1v) is 13.0. The molecule has 1 N–H and O–H groups in total. The number of benzene rings is 3. The fourth-order valence-corrected chi connectivity index (χ4v) is 5.48. The van der Waals surface area contributed by atoms with Gasteiger partial charge in [-0.15, -0.1) is 0 Å². The third-order valence-corrected chi connectivity index (χ3v) is 8.03. The zero-order chi connectivity index (χ0) is 25.2. The number of aryl methyl sites for hydroxylation is 1. The van der Waals surface area contributed by atoms with Crippen LogP contribution >= 0.6 is 11.6 Å². The summed E-state index contributed by atoms with van der Waals surface area (Å²) in [6.07, 6.45) is 0. The Kier molecular flexibility index (Phi) is 7.23. The Bertz CT molecular complexity index is 1340. The van der Waals surface area contributed by atoms with Gasteiger partial charge in [-0.25, -0.2) is 8.42 Å². The van der Waals surface area contributed by atoms with Crippen molar-refractivity contribution in [2.75, 3.05) is 24.1 Å². The van der Waals surface area contributed by atoms with Crippen molar-refractivity contribution >= 4 is 33.2 Å². The summed E-state index contributed by atoms with van der Waals surface area (Å²) in [5.74, 6) is 0.820. The fourth-order valence-electron chi connectivity index (χ4n) is 3.83. The first-order chi connectivity index (χ1) is 16.7. The van der Waals surface area contributed by atoms with E-state index in [-0.39, 0.29) is 10.9 Å². The Morgan fingerprint density at radius 2 is 1.71 bits per heavy atom. The second kappa shape index (κ2) is 10.2. The van der Waals surface area contributed by atoms with Gasteiger partial charge in [0.15, 0.2) is 11.5 Å². The number of nitrogens with one attached hydrogen (secondary N) is 1. The average molecular weight is 515 g/mol. The molecule has 0 radical (unpaired) electrons. The third-order valence-electron chi connectivity index (χ3n) is 5.85. The molecule has 184 valence electrons. The Labute approximate surface area is 210 Å². The lowest BCUT2D eigenvalue weighted by Crippen LogP contribution is -2.42. The van der Waals surface area contributed by atoms with E-state index < -0.39 is 22.5 Å². The number of anilines is 1. The number of rotatable bonds is 7. The van der Waals surface area contributed by atoms with Crippen LogP contribution in [0.5, 0.6) is 11.5 Å². The second-order valence-corrected chi connectivity index (χ2v) is 10.7. The smallest absolute Gasteiger partial charge is 0.264 e. The molecule has 0 aliphatic carbocycles. The van der Waals surface area contributed by atoms with Crippen LogP contribution in [-0.4, -0.2) is 34.1 Å². The van der Waals surface area contributed by atoms with E-state index >= 15 is 0 Å². The summed E-state index contributed by atoms with van der Waals surface area (Å²) in [7, 11) is -4.04. The standard InChI is InChI=1S/C26H27ClN2O5S/c1-17-7-10-21(11-8-17)35(31,32)29(23-6-4-5-22(27)18(23)2)16-26(30)28-19(3)20-9-12-24-25(15-20)34-14-13-33-24/h4-12,15,19H,13-14,16H2,1-3H3,(H,28,30). The van der Waals surface area contributed by atoms with Gasteiger partial charge < -0.3 is 14.8 Å². The molecule has 1 unspecified atom stereocenters. The molecule has 1 aliphatic rings. The summed E-state index contributed by atoms with van der Waals surface area (Å²) < 4.78 is 39.5. The molecule has 0 spiro atoms. The van der Waals surface area contributed by atoms with Crippen LogP contribution in [0, 0.1) is 13.8 Å². The van der Waals surface area contributed by atoms with E-state index in [1.165, 1.54) is 12.1 Å². The van der Waals surface area contributed by atoms with Gasteiger partial charge in [0.05, 0.1) is 16.6 Å². The number of hydrogen-bond donors (Lipinski definition) is 1. The van der Waals surface area contributed by atoms with Gasteiger partial charge in [0.25, 0.3) is 10.0 Å². The van der Waals surface area contributed by atoms with Crippen molar-refractivity contribution in [3.63, 3.8) is 0 Å². The summed E-state index contributed by atoms with van der Waals surface area (Å²) in [6.45, 7) is 5.97. The minimum atomic E-state index is -4.04. The third kappa shape index (κ3) is 5.39. The number of ether oxygens (including phenoxy) is 2. The minimum Gasteiger partial charge on any atom is -0.486 e. The van der Waals surface area contributed by atoms with E-state index in [4.69, 9.17) is 21.1 Å². The molecule has 4 rings (SSSR count). The highest BCUT2D eigenvalue weighted by Gasteiger charge is 2.29. The van der Waals surface area contributed by atoms with E-state index in [1.807, 2.05) is 26.0 Å². The summed E-state index contributed by atoms with van der Waals surface area (Å²) in [6, 6.07) is 16.6. The average Bonchev–Trinajstić information content (AvgIpc) is 2.84. The highest BCUT2D eigenvalue weighted by Crippen LogP contribution is 2.33. The minimum absolute atomic E-state index is 0.0927. The Hall–Kier alpha value is -3.23. The number of nitrogens with zero attached hydrogens (tertiary/aromatic N) is 1. The molecule has 35 heavy (non-hydrogen) atoms. The number of sulfonamides is 1. The molecule has 0 saturated heterocycles. The maximum absolute atomic E-state index is 13.6. The van der Waals surface area contributed by atoms with Gasteiger partial charge in [0.2, 0.25) is 5.91 Å². The lowest BCUT2D eigenvalue weighted by atomic mass is 10.1. The Balaban J connectivity index is 1.61. The van der Waals surface area contributed by atoms with Gasteiger partial charge in [-0.05, 0) is 68.3 Å². The lowest BCUT2D eigenvalue weighted by molar-refractivity contribution is -0.120. The highest BCUT2D eigenvalue weighted by molar-refractivity contribution is 7.92. The summed E-state index contributed by atoms with van der Waals surface area (Å²) in [5, 5.41) is 3.31. The van der Waals surface area contributed by atoms with Crippen molar-refractivity contribution in [1.82, 2.24) is 5.32 Å². The van der Waals surface area contributed by atoms with Crippen LogP contribution in [0.1, 0.15) is 29.7 Å². The molecule has 0 bridgehead atoms. The molecule has 3 aromatic rings. The molecule has 0 aromatic heterocycles. The number of hydrogen-bond acceptors (Lipinski definition) is 5. The Morgan fingerprint density at radius 3 is 2.43 bits per heavy atom. The summed E-state index contributed by atoms with van der Waals surface area (Å²) in [5.41, 5.74) is 2.66. The molecule has 1 heterocycles. The summed E-state index contributed by atoms with van der Waals surface area (Å²) >= 11 is 6.29. The molecule has 1 amide bonds. The van der Waals surface area contributed by atoms with Crippen molar-refractivity contribution in [2.45, 2.75) is 31.7 Å².